The summed E-state index contributed by atoms with van der Waals surface area (Å²) < 4.78 is 45.5. The van der Waals surface area contributed by atoms with Crippen molar-refractivity contribution in [3.8, 4) is 0 Å². The number of halogens is 3. The van der Waals surface area contributed by atoms with E-state index in [0.717, 1.165) is 24.8 Å². The molecule has 196 valence electrons. The molecule has 2 aliphatic rings. The van der Waals surface area contributed by atoms with Crippen LogP contribution in [-0.4, -0.2) is 77.9 Å². The summed E-state index contributed by atoms with van der Waals surface area (Å²) in [6.07, 6.45) is -2.93. The molecule has 10 heteroatoms. The van der Waals surface area contributed by atoms with Crippen molar-refractivity contribution >= 4 is 11.6 Å². The first-order valence-corrected chi connectivity index (χ1v) is 12.5. The van der Waals surface area contributed by atoms with Crippen LogP contribution in [0.3, 0.4) is 0 Å². The summed E-state index contributed by atoms with van der Waals surface area (Å²) in [6.45, 7) is 6.14. The molecule has 0 N–H and O–H groups in total. The van der Waals surface area contributed by atoms with E-state index < -0.39 is 11.7 Å². The molecule has 0 aliphatic carbocycles. The molecule has 0 atom stereocenters. The van der Waals surface area contributed by atoms with Gasteiger partial charge in [-0.3, -0.25) is 14.6 Å². The molecule has 0 unspecified atom stereocenters. The van der Waals surface area contributed by atoms with Crippen LogP contribution >= 0.6 is 0 Å². The minimum absolute atomic E-state index is 0.129. The Kier molecular flexibility index (Phi) is 7.48. The number of benzene rings is 2. The molecule has 1 amide bonds. The minimum Gasteiger partial charge on any atom is -0.447 e. The molecule has 1 aromatic heterocycles. The largest absolute Gasteiger partial charge is 0.447 e. The van der Waals surface area contributed by atoms with Crippen LogP contribution in [0, 0.1) is 0 Å². The number of carbonyl (C=O) groups is 1. The molecule has 0 radical (unpaired) electrons. The molecular weight excluding hydrogens is 483 g/mol. The van der Waals surface area contributed by atoms with E-state index in [9.17, 15) is 18.0 Å². The van der Waals surface area contributed by atoms with Gasteiger partial charge < -0.3 is 14.2 Å². The fourth-order valence-corrected chi connectivity index (χ4v) is 4.92. The van der Waals surface area contributed by atoms with Gasteiger partial charge in [-0.2, -0.15) is 13.2 Å². The zero-order valence-electron chi connectivity index (χ0n) is 20.5. The molecule has 2 saturated heterocycles. The molecule has 37 heavy (non-hydrogen) atoms. The van der Waals surface area contributed by atoms with Gasteiger partial charge in [-0.15, -0.1) is 0 Å². The van der Waals surface area contributed by atoms with Crippen molar-refractivity contribution in [3.05, 3.63) is 83.6 Å². The Bertz CT molecular complexity index is 1180. The first-order valence-electron chi connectivity index (χ1n) is 12.5. The highest BCUT2D eigenvalue weighted by molar-refractivity contribution is 5.92. The van der Waals surface area contributed by atoms with Crippen LogP contribution in [0.15, 0.2) is 65.3 Å². The number of hydrogen-bond acceptors (Lipinski definition) is 6. The van der Waals surface area contributed by atoms with Gasteiger partial charge in [-0.1, -0.05) is 36.4 Å². The van der Waals surface area contributed by atoms with Crippen LogP contribution in [0.2, 0.25) is 0 Å². The van der Waals surface area contributed by atoms with Crippen LogP contribution in [0.4, 0.5) is 18.9 Å². The van der Waals surface area contributed by atoms with Gasteiger partial charge in [-0.25, -0.2) is 4.98 Å². The smallest absolute Gasteiger partial charge is 0.416 e. The number of anilines is 1. The van der Waals surface area contributed by atoms with E-state index in [1.165, 1.54) is 12.3 Å². The number of alkyl halides is 3. The second-order valence-corrected chi connectivity index (χ2v) is 9.45. The highest BCUT2D eigenvalue weighted by Crippen LogP contribution is 2.32. The molecule has 5 rings (SSSR count). The Hall–Kier alpha value is -3.37. The lowest BCUT2D eigenvalue weighted by Gasteiger charge is -2.35. The number of amides is 1. The Morgan fingerprint density at radius 3 is 2.11 bits per heavy atom. The van der Waals surface area contributed by atoms with Crippen LogP contribution in [0.1, 0.15) is 27.5 Å². The van der Waals surface area contributed by atoms with E-state index >= 15 is 0 Å². The molecular formula is C27H30F3N5O2. The molecule has 0 spiro atoms. The minimum atomic E-state index is -4.35. The van der Waals surface area contributed by atoms with Gasteiger partial charge >= 0.3 is 6.18 Å². The topological polar surface area (TPSA) is 56.1 Å². The third-order valence-corrected chi connectivity index (χ3v) is 7.00. The standard InChI is InChI=1S/C27H30F3N5O2/c28-27(29,30)23-9-5-4-6-21(23)18-32-10-12-33(13-11-32)19-25-31-24(20-37-25)26(36)35-16-14-34(15-17-35)22-7-2-1-3-8-22/h1-9,20H,10-19H2. The van der Waals surface area contributed by atoms with E-state index in [1.54, 1.807) is 17.0 Å². The molecule has 3 heterocycles. The van der Waals surface area contributed by atoms with Gasteiger partial charge in [0.15, 0.2) is 5.69 Å². The van der Waals surface area contributed by atoms with E-state index in [1.807, 2.05) is 23.1 Å². The number of rotatable bonds is 6. The zero-order chi connectivity index (χ0) is 25.8. The van der Waals surface area contributed by atoms with Crippen molar-refractivity contribution in [2.75, 3.05) is 57.3 Å². The van der Waals surface area contributed by atoms with Crippen molar-refractivity contribution in [2.45, 2.75) is 19.3 Å². The fraction of sp³-hybridized carbons (Fsp3) is 0.407. The normalized spacial score (nSPS) is 17.8. The maximum atomic E-state index is 13.3. The Morgan fingerprint density at radius 1 is 0.811 bits per heavy atom. The lowest BCUT2D eigenvalue weighted by molar-refractivity contribution is -0.138. The average molecular weight is 514 g/mol. The summed E-state index contributed by atoms with van der Waals surface area (Å²) in [4.78, 5) is 25.6. The Balaban J connectivity index is 1.10. The summed E-state index contributed by atoms with van der Waals surface area (Å²) in [6, 6.07) is 15.9. The summed E-state index contributed by atoms with van der Waals surface area (Å²) in [5.74, 6) is 0.345. The number of hydrogen-bond donors (Lipinski definition) is 0. The van der Waals surface area contributed by atoms with Crippen molar-refractivity contribution in [3.63, 3.8) is 0 Å². The van der Waals surface area contributed by atoms with Crippen molar-refractivity contribution in [2.24, 2.45) is 0 Å². The summed E-state index contributed by atoms with van der Waals surface area (Å²) >= 11 is 0. The Morgan fingerprint density at radius 2 is 1.43 bits per heavy atom. The number of aromatic nitrogens is 1. The number of carbonyl (C=O) groups excluding carboxylic acids is 1. The van der Waals surface area contributed by atoms with Crippen LogP contribution < -0.4 is 4.90 Å². The third-order valence-electron chi connectivity index (χ3n) is 7.00. The van der Waals surface area contributed by atoms with Gasteiger partial charge in [0.1, 0.15) is 6.26 Å². The van der Waals surface area contributed by atoms with Crippen LogP contribution in [-0.2, 0) is 19.3 Å². The second-order valence-electron chi connectivity index (χ2n) is 9.45. The van der Waals surface area contributed by atoms with Gasteiger partial charge in [0.25, 0.3) is 5.91 Å². The van der Waals surface area contributed by atoms with Gasteiger partial charge in [0.2, 0.25) is 5.89 Å². The molecule has 0 saturated carbocycles. The van der Waals surface area contributed by atoms with E-state index in [2.05, 4.69) is 26.9 Å². The fourth-order valence-electron chi connectivity index (χ4n) is 4.92. The number of piperazine rings is 2. The number of para-hydroxylation sites is 1. The SMILES string of the molecule is O=C(c1coc(CN2CCN(Cc3ccccc3C(F)(F)F)CC2)n1)N1CCN(c2ccccc2)CC1. The lowest BCUT2D eigenvalue weighted by Crippen LogP contribution is -2.48. The quantitative estimate of drug-likeness (QED) is 0.497. The number of nitrogens with zero attached hydrogens (tertiary/aromatic N) is 5. The molecule has 2 aliphatic heterocycles. The molecule has 7 nitrogen and oxygen atoms in total. The molecule has 0 bridgehead atoms. The molecule has 2 fully saturated rings. The maximum Gasteiger partial charge on any atom is 0.416 e. The first-order chi connectivity index (χ1) is 17.9. The number of oxazole rings is 1. The van der Waals surface area contributed by atoms with Crippen molar-refractivity contribution in [1.82, 2.24) is 19.7 Å². The monoisotopic (exact) mass is 513 g/mol. The van der Waals surface area contributed by atoms with E-state index in [-0.39, 0.29) is 12.5 Å². The highest BCUT2D eigenvalue weighted by Gasteiger charge is 2.33. The predicted molar refractivity (Wildman–Crippen MR) is 133 cm³/mol. The van der Waals surface area contributed by atoms with Gasteiger partial charge in [0, 0.05) is 64.6 Å². The Labute approximate surface area is 214 Å². The van der Waals surface area contributed by atoms with Crippen LogP contribution in [0.5, 0.6) is 0 Å². The summed E-state index contributed by atoms with van der Waals surface area (Å²) in [5, 5.41) is 0. The van der Waals surface area contributed by atoms with E-state index in [4.69, 9.17) is 4.42 Å². The predicted octanol–water partition coefficient (Wildman–Crippen LogP) is 3.97. The van der Waals surface area contributed by atoms with Crippen LogP contribution in [0.25, 0.3) is 0 Å². The van der Waals surface area contributed by atoms with Gasteiger partial charge in [0.05, 0.1) is 12.1 Å². The lowest BCUT2D eigenvalue weighted by atomic mass is 10.1. The van der Waals surface area contributed by atoms with Crippen molar-refractivity contribution in [1.29, 1.82) is 0 Å². The average Bonchev–Trinajstić information content (AvgIpc) is 3.38. The third kappa shape index (κ3) is 6.14. The summed E-state index contributed by atoms with van der Waals surface area (Å²) in [7, 11) is 0. The van der Waals surface area contributed by atoms with Crippen molar-refractivity contribution < 1.29 is 22.4 Å². The second kappa shape index (κ2) is 10.9. The first kappa shape index (κ1) is 25.3. The highest BCUT2D eigenvalue weighted by atomic mass is 19.4. The molecule has 2 aromatic carbocycles. The van der Waals surface area contributed by atoms with Gasteiger partial charge in [-0.05, 0) is 23.8 Å². The molecule has 3 aromatic rings. The summed E-state index contributed by atoms with van der Waals surface area (Å²) in [5.41, 5.74) is 1.19. The maximum absolute atomic E-state index is 13.3. The van der Waals surface area contributed by atoms with E-state index in [0.29, 0.717) is 63.0 Å². The zero-order valence-corrected chi connectivity index (χ0v) is 20.5.